The standard InChI is InChI=1S/C12H15NO4S/c1-8-2-3-11(18(14,15)16)5-12(8)13-6-9-4-10(7-13)17-9/h2-3,5,9-10H,4,6-7H2,1H3,(H,14,15,16). The van der Waals surface area contributed by atoms with Gasteiger partial charge in [-0.3, -0.25) is 4.55 Å². The summed E-state index contributed by atoms with van der Waals surface area (Å²) in [5, 5.41) is 0. The topological polar surface area (TPSA) is 66.8 Å². The van der Waals surface area contributed by atoms with Crippen molar-refractivity contribution < 1.29 is 17.7 Å². The fourth-order valence-electron chi connectivity index (χ4n) is 2.64. The van der Waals surface area contributed by atoms with Crippen LogP contribution in [0.1, 0.15) is 12.0 Å². The van der Waals surface area contributed by atoms with E-state index < -0.39 is 10.1 Å². The number of morpholine rings is 1. The zero-order valence-corrected chi connectivity index (χ0v) is 10.9. The summed E-state index contributed by atoms with van der Waals surface area (Å²) >= 11 is 0. The highest BCUT2D eigenvalue weighted by Crippen LogP contribution is 2.33. The van der Waals surface area contributed by atoms with Gasteiger partial charge >= 0.3 is 0 Å². The molecule has 98 valence electrons. The molecule has 0 saturated carbocycles. The summed E-state index contributed by atoms with van der Waals surface area (Å²) in [5.41, 5.74) is 1.87. The highest BCUT2D eigenvalue weighted by Gasteiger charge is 2.38. The highest BCUT2D eigenvalue weighted by molar-refractivity contribution is 7.85. The second-order valence-corrected chi connectivity index (χ2v) is 6.37. The molecule has 3 saturated heterocycles. The van der Waals surface area contributed by atoms with Gasteiger partial charge in [-0.15, -0.1) is 0 Å². The highest BCUT2D eigenvalue weighted by atomic mass is 32.2. The lowest BCUT2D eigenvalue weighted by atomic mass is 9.97. The van der Waals surface area contributed by atoms with Crippen LogP contribution in [0.25, 0.3) is 0 Å². The molecule has 0 aromatic heterocycles. The molecule has 3 aliphatic rings. The van der Waals surface area contributed by atoms with Crippen molar-refractivity contribution in [1.29, 1.82) is 0 Å². The second-order valence-electron chi connectivity index (χ2n) is 4.94. The maximum Gasteiger partial charge on any atom is 0.294 e. The van der Waals surface area contributed by atoms with E-state index >= 15 is 0 Å². The number of piperidine rings is 1. The Morgan fingerprint density at radius 2 is 1.94 bits per heavy atom. The van der Waals surface area contributed by atoms with Crippen molar-refractivity contribution in [1.82, 2.24) is 0 Å². The smallest absolute Gasteiger partial charge is 0.294 e. The fraction of sp³-hybridized carbons (Fsp3) is 0.500. The van der Waals surface area contributed by atoms with Gasteiger partial charge in [0.1, 0.15) is 0 Å². The van der Waals surface area contributed by atoms with E-state index in [1.807, 2.05) is 6.92 Å². The Kier molecular flexibility index (Phi) is 2.62. The van der Waals surface area contributed by atoms with Gasteiger partial charge in [0.2, 0.25) is 0 Å². The lowest BCUT2D eigenvalue weighted by Crippen LogP contribution is -2.57. The third-order valence-corrected chi connectivity index (χ3v) is 4.43. The number of rotatable bonds is 2. The van der Waals surface area contributed by atoms with Crippen LogP contribution >= 0.6 is 0 Å². The number of ether oxygens (including phenoxy) is 1. The molecule has 5 nitrogen and oxygen atoms in total. The Labute approximate surface area is 106 Å². The van der Waals surface area contributed by atoms with Crippen molar-refractivity contribution in [3.05, 3.63) is 23.8 Å². The molecule has 0 aliphatic carbocycles. The molecular weight excluding hydrogens is 254 g/mol. The van der Waals surface area contributed by atoms with Crippen LogP contribution in [0.5, 0.6) is 0 Å². The van der Waals surface area contributed by atoms with E-state index in [0.29, 0.717) is 0 Å². The average molecular weight is 269 g/mol. The Bertz CT molecular complexity index is 568. The van der Waals surface area contributed by atoms with E-state index in [2.05, 4.69) is 4.90 Å². The van der Waals surface area contributed by atoms with Crippen LogP contribution in [0.2, 0.25) is 0 Å². The molecule has 2 unspecified atom stereocenters. The Morgan fingerprint density at radius 1 is 1.33 bits per heavy atom. The minimum atomic E-state index is -4.14. The molecule has 0 spiro atoms. The lowest BCUT2D eigenvalue weighted by Gasteiger charge is -2.48. The fourth-order valence-corrected chi connectivity index (χ4v) is 3.14. The number of aryl methyl sites for hydroxylation is 1. The first-order valence-corrected chi connectivity index (χ1v) is 7.36. The number of anilines is 1. The summed E-state index contributed by atoms with van der Waals surface area (Å²) in [7, 11) is -4.14. The van der Waals surface area contributed by atoms with Crippen LogP contribution in [0.3, 0.4) is 0 Å². The lowest BCUT2D eigenvalue weighted by molar-refractivity contribution is -0.133. The summed E-state index contributed by atoms with van der Waals surface area (Å²) in [6.45, 7) is 3.50. The molecule has 1 aromatic carbocycles. The molecule has 3 aliphatic heterocycles. The zero-order chi connectivity index (χ0) is 12.9. The minimum Gasteiger partial charge on any atom is -0.371 e. The van der Waals surface area contributed by atoms with Gasteiger partial charge in [0.25, 0.3) is 10.1 Å². The molecule has 18 heavy (non-hydrogen) atoms. The molecule has 2 bridgehead atoms. The van der Waals surface area contributed by atoms with Crippen LogP contribution in [-0.4, -0.2) is 38.3 Å². The number of nitrogens with zero attached hydrogens (tertiary/aromatic N) is 1. The van der Waals surface area contributed by atoms with Crippen molar-refractivity contribution in [2.45, 2.75) is 30.4 Å². The van der Waals surface area contributed by atoms with Crippen LogP contribution < -0.4 is 4.90 Å². The molecule has 4 rings (SSSR count). The van der Waals surface area contributed by atoms with E-state index in [-0.39, 0.29) is 17.1 Å². The minimum absolute atomic E-state index is 0.0525. The Hall–Kier alpha value is -1.11. The summed E-state index contributed by atoms with van der Waals surface area (Å²) in [5.74, 6) is 0. The van der Waals surface area contributed by atoms with Crippen molar-refractivity contribution >= 4 is 15.8 Å². The van der Waals surface area contributed by atoms with E-state index in [4.69, 9.17) is 9.29 Å². The molecule has 3 heterocycles. The third kappa shape index (κ3) is 2.00. The average Bonchev–Trinajstić information content (AvgIpc) is 2.27. The van der Waals surface area contributed by atoms with Gasteiger partial charge in [-0.05, 0) is 24.6 Å². The van der Waals surface area contributed by atoms with Crippen molar-refractivity contribution in [3.8, 4) is 0 Å². The van der Waals surface area contributed by atoms with Gasteiger partial charge in [0.05, 0.1) is 17.1 Å². The summed E-state index contributed by atoms with van der Waals surface area (Å²) in [6, 6.07) is 4.68. The van der Waals surface area contributed by atoms with E-state index in [9.17, 15) is 8.42 Å². The summed E-state index contributed by atoms with van der Waals surface area (Å²) in [4.78, 5) is 2.08. The molecule has 3 fully saturated rings. The van der Waals surface area contributed by atoms with Gasteiger partial charge in [0, 0.05) is 25.2 Å². The second kappa shape index (κ2) is 3.94. The number of benzene rings is 1. The number of hydrogen-bond acceptors (Lipinski definition) is 4. The maximum absolute atomic E-state index is 11.2. The molecule has 0 amide bonds. The van der Waals surface area contributed by atoms with Crippen LogP contribution in [0.15, 0.2) is 23.1 Å². The van der Waals surface area contributed by atoms with Gasteiger partial charge in [-0.2, -0.15) is 8.42 Å². The summed E-state index contributed by atoms with van der Waals surface area (Å²) < 4.78 is 37.0. The normalized spacial score (nSPS) is 26.9. The third-order valence-electron chi connectivity index (χ3n) is 3.58. The maximum atomic E-state index is 11.2. The van der Waals surface area contributed by atoms with Gasteiger partial charge in [-0.1, -0.05) is 6.07 Å². The van der Waals surface area contributed by atoms with Crippen molar-refractivity contribution in [2.24, 2.45) is 0 Å². The van der Waals surface area contributed by atoms with E-state index in [1.54, 1.807) is 6.07 Å². The van der Waals surface area contributed by atoms with E-state index in [0.717, 1.165) is 30.8 Å². The van der Waals surface area contributed by atoms with Gasteiger partial charge in [-0.25, -0.2) is 0 Å². The zero-order valence-electron chi connectivity index (χ0n) is 10.0. The quantitative estimate of drug-likeness (QED) is 0.818. The van der Waals surface area contributed by atoms with Crippen LogP contribution in [-0.2, 0) is 14.9 Å². The molecule has 6 heteroatoms. The van der Waals surface area contributed by atoms with Crippen molar-refractivity contribution in [2.75, 3.05) is 18.0 Å². The molecule has 0 radical (unpaired) electrons. The SMILES string of the molecule is Cc1ccc(S(=O)(=O)O)cc1N1CC2CC(C1)O2. The van der Waals surface area contributed by atoms with Gasteiger partial charge < -0.3 is 9.64 Å². The van der Waals surface area contributed by atoms with Gasteiger partial charge in [0.15, 0.2) is 0 Å². The van der Waals surface area contributed by atoms with E-state index in [1.165, 1.54) is 12.1 Å². The first-order chi connectivity index (χ1) is 8.43. The number of fused-ring (bicyclic) bond motifs is 2. The first-order valence-electron chi connectivity index (χ1n) is 5.92. The molecule has 1 aromatic rings. The monoisotopic (exact) mass is 269 g/mol. The Balaban J connectivity index is 1.95. The molecule has 1 N–H and O–H groups in total. The van der Waals surface area contributed by atoms with Crippen LogP contribution in [0.4, 0.5) is 5.69 Å². The summed E-state index contributed by atoms with van der Waals surface area (Å²) in [6.07, 6.45) is 1.61. The predicted molar refractivity (Wildman–Crippen MR) is 66.5 cm³/mol. The predicted octanol–water partition coefficient (Wildman–Crippen LogP) is 1.22. The van der Waals surface area contributed by atoms with Crippen molar-refractivity contribution in [3.63, 3.8) is 0 Å². The van der Waals surface area contributed by atoms with Crippen LogP contribution in [0, 0.1) is 6.92 Å². The first kappa shape index (κ1) is 12.0. The molecule has 2 atom stereocenters. The molecular formula is C12H15NO4S. The Morgan fingerprint density at radius 3 is 2.50 bits per heavy atom. The number of hydrogen-bond donors (Lipinski definition) is 1. The largest absolute Gasteiger partial charge is 0.371 e.